The van der Waals surface area contributed by atoms with Gasteiger partial charge in [0.2, 0.25) is 0 Å². The molecule has 2 heterocycles. The van der Waals surface area contributed by atoms with E-state index in [-0.39, 0.29) is 5.91 Å². The first-order valence-electron chi connectivity index (χ1n) is 7.43. The quantitative estimate of drug-likeness (QED) is 0.806. The van der Waals surface area contributed by atoms with Crippen molar-refractivity contribution >= 4 is 17.2 Å². The highest BCUT2D eigenvalue weighted by Gasteiger charge is 2.18. The maximum Gasteiger partial charge on any atom is 0.251 e. The van der Waals surface area contributed by atoms with Gasteiger partial charge in [-0.25, -0.2) is 4.98 Å². The number of aromatic nitrogens is 1. The number of rotatable bonds is 7. The van der Waals surface area contributed by atoms with Crippen molar-refractivity contribution in [1.29, 1.82) is 0 Å². The maximum atomic E-state index is 12.2. The smallest absolute Gasteiger partial charge is 0.251 e. The molecule has 1 aliphatic rings. The van der Waals surface area contributed by atoms with Crippen LogP contribution >= 0.6 is 11.3 Å². The van der Waals surface area contributed by atoms with Gasteiger partial charge < -0.3 is 20.1 Å². The lowest BCUT2D eigenvalue weighted by Gasteiger charge is -2.27. The van der Waals surface area contributed by atoms with Gasteiger partial charge in [-0.15, -0.1) is 11.3 Å². The molecule has 1 saturated heterocycles. The average Bonchev–Trinajstić information content (AvgIpc) is 3.04. The molecule has 1 aromatic heterocycles. The van der Waals surface area contributed by atoms with E-state index >= 15 is 0 Å². The Morgan fingerprint density at radius 2 is 2.30 bits per heavy atom. The Hall–Kier alpha value is -2.12. The molecule has 122 valence electrons. The first-order valence-corrected chi connectivity index (χ1v) is 8.37. The monoisotopic (exact) mass is 333 g/mol. The fourth-order valence-corrected chi connectivity index (χ4v) is 2.76. The molecule has 2 N–H and O–H groups in total. The zero-order valence-corrected chi connectivity index (χ0v) is 13.7. The van der Waals surface area contributed by atoms with Crippen LogP contribution in [0.2, 0.25) is 0 Å². The van der Waals surface area contributed by atoms with Crippen molar-refractivity contribution in [2.24, 2.45) is 5.92 Å². The van der Waals surface area contributed by atoms with Gasteiger partial charge in [-0.3, -0.25) is 4.79 Å². The number of carbonyl (C=O) groups excluding carboxylic acids is 1. The van der Waals surface area contributed by atoms with Gasteiger partial charge in [0.15, 0.2) is 11.5 Å². The first-order chi connectivity index (χ1) is 11.3. The number of nitrogens with one attached hydrogen (secondary N) is 2. The van der Waals surface area contributed by atoms with Gasteiger partial charge in [-0.1, -0.05) is 0 Å². The highest BCUT2D eigenvalue weighted by atomic mass is 32.1. The van der Waals surface area contributed by atoms with Crippen LogP contribution in [0.3, 0.4) is 0 Å². The molecule has 0 atom stereocenters. The molecule has 1 amide bonds. The van der Waals surface area contributed by atoms with E-state index in [1.807, 2.05) is 5.38 Å². The Morgan fingerprint density at radius 1 is 1.43 bits per heavy atom. The summed E-state index contributed by atoms with van der Waals surface area (Å²) in [5.41, 5.74) is 3.20. The van der Waals surface area contributed by atoms with Gasteiger partial charge in [-0.2, -0.15) is 0 Å². The van der Waals surface area contributed by atoms with Gasteiger partial charge in [0.25, 0.3) is 5.91 Å². The molecule has 0 bridgehead atoms. The molecular formula is C16H19N3O3S. The lowest BCUT2D eigenvalue weighted by Crippen LogP contribution is -2.48. The van der Waals surface area contributed by atoms with Crippen LogP contribution in [0.25, 0.3) is 0 Å². The lowest BCUT2D eigenvalue weighted by molar-refractivity contribution is 0.0942. The van der Waals surface area contributed by atoms with Crippen LogP contribution < -0.4 is 20.1 Å². The number of carbonyl (C=O) groups is 1. The summed E-state index contributed by atoms with van der Waals surface area (Å²) in [7, 11) is 1.56. The summed E-state index contributed by atoms with van der Waals surface area (Å²) in [6, 6.07) is 5.20. The fraction of sp³-hybridized carbons (Fsp3) is 0.375. The second-order valence-corrected chi connectivity index (χ2v) is 6.09. The van der Waals surface area contributed by atoms with Crippen LogP contribution in [0.4, 0.5) is 0 Å². The first kappa shape index (κ1) is 15.8. The third kappa shape index (κ3) is 4.00. The van der Waals surface area contributed by atoms with E-state index in [1.165, 1.54) is 11.3 Å². The molecule has 0 saturated carbocycles. The SMILES string of the molecule is COc1cc(C(=O)NCC2CNC2)ccc1OCc1cscn1. The summed E-state index contributed by atoms with van der Waals surface area (Å²) in [6.07, 6.45) is 0. The molecule has 0 spiro atoms. The average molecular weight is 333 g/mol. The van der Waals surface area contributed by atoms with Gasteiger partial charge in [0, 0.05) is 36.5 Å². The standard InChI is InChI=1S/C16H19N3O3S/c1-21-15-4-12(16(20)18-7-11-5-17-6-11)2-3-14(15)22-8-13-9-23-10-19-13/h2-4,9-11,17H,5-8H2,1H3,(H,18,20). The summed E-state index contributed by atoms with van der Waals surface area (Å²) in [5.74, 6) is 1.57. The minimum Gasteiger partial charge on any atom is -0.493 e. The topological polar surface area (TPSA) is 72.5 Å². The molecule has 0 aliphatic carbocycles. The van der Waals surface area contributed by atoms with Crippen LogP contribution in [0.1, 0.15) is 16.1 Å². The lowest BCUT2D eigenvalue weighted by atomic mass is 10.0. The zero-order chi connectivity index (χ0) is 16.1. The second-order valence-electron chi connectivity index (χ2n) is 5.37. The maximum absolute atomic E-state index is 12.2. The zero-order valence-electron chi connectivity index (χ0n) is 12.9. The van der Waals surface area contributed by atoms with Crippen LogP contribution in [0, 0.1) is 5.92 Å². The number of hydrogen-bond donors (Lipinski definition) is 2. The molecule has 7 heteroatoms. The van der Waals surface area contributed by atoms with Crippen LogP contribution in [0.15, 0.2) is 29.1 Å². The minimum absolute atomic E-state index is 0.0961. The van der Waals surface area contributed by atoms with Crippen LogP contribution in [0.5, 0.6) is 11.5 Å². The summed E-state index contributed by atoms with van der Waals surface area (Å²) in [6.45, 7) is 3.00. The van der Waals surface area contributed by atoms with Crippen molar-refractivity contribution < 1.29 is 14.3 Å². The molecule has 0 unspecified atom stereocenters. The number of thiazole rings is 1. The van der Waals surface area contributed by atoms with E-state index in [1.54, 1.807) is 30.8 Å². The van der Waals surface area contributed by atoms with Crippen molar-refractivity contribution in [3.8, 4) is 11.5 Å². The van der Waals surface area contributed by atoms with E-state index in [4.69, 9.17) is 9.47 Å². The Balaban J connectivity index is 1.62. The Bertz CT molecular complexity index is 657. The Labute approximate surface area is 138 Å². The normalized spacial score (nSPS) is 14.1. The summed E-state index contributed by atoms with van der Waals surface area (Å²) in [5, 5.41) is 8.06. The fourth-order valence-electron chi connectivity index (χ4n) is 2.22. The Morgan fingerprint density at radius 3 is 2.96 bits per heavy atom. The number of ether oxygens (including phenoxy) is 2. The minimum atomic E-state index is -0.0961. The van der Waals surface area contributed by atoms with E-state index in [9.17, 15) is 4.79 Å². The van der Waals surface area contributed by atoms with Gasteiger partial charge >= 0.3 is 0 Å². The molecule has 2 aromatic rings. The largest absolute Gasteiger partial charge is 0.493 e. The summed E-state index contributed by atoms with van der Waals surface area (Å²) in [4.78, 5) is 16.3. The van der Waals surface area contributed by atoms with Crippen molar-refractivity contribution in [3.63, 3.8) is 0 Å². The molecule has 1 fully saturated rings. The second kappa shape index (κ2) is 7.43. The van der Waals surface area contributed by atoms with Crippen molar-refractivity contribution in [2.75, 3.05) is 26.7 Å². The molecule has 0 radical (unpaired) electrons. The summed E-state index contributed by atoms with van der Waals surface area (Å²) < 4.78 is 11.0. The van der Waals surface area contributed by atoms with E-state index in [0.717, 1.165) is 18.8 Å². The van der Waals surface area contributed by atoms with Crippen molar-refractivity contribution in [2.45, 2.75) is 6.61 Å². The van der Waals surface area contributed by atoms with E-state index < -0.39 is 0 Å². The van der Waals surface area contributed by atoms with E-state index in [2.05, 4.69) is 15.6 Å². The van der Waals surface area contributed by atoms with Crippen molar-refractivity contribution in [3.05, 3.63) is 40.3 Å². The van der Waals surface area contributed by atoms with Gasteiger partial charge in [0.1, 0.15) is 6.61 Å². The molecular weight excluding hydrogens is 314 g/mol. The number of benzene rings is 1. The van der Waals surface area contributed by atoms with Crippen LogP contribution in [-0.4, -0.2) is 37.6 Å². The predicted molar refractivity (Wildman–Crippen MR) is 88.1 cm³/mol. The van der Waals surface area contributed by atoms with Gasteiger partial charge in [-0.05, 0) is 18.2 Å². The number of amides is 1. The van der Waals surface area contributed by atoms with Gasteiger partial charge in [0.05, 0.1) is 18.3 Å². The van der Waals surface area contributed by atoms with Crippen LogP contribution in [-0.2, 0) is 6.61 Å². The number of methoxy groups -OCH3 is 1. The number of hydrogen-bond acceptors (Lipinski definition) is 6. The predicted octanol–water partition coefficient (Wildman–Crippen LogP) is 1.68. The molecule has 1 aliphatic heterocycles. The Kier molecular flexibility index (Phi) is 5.09. The third-order valence-corrected chi connectivity index (χ3v) is 4.34. The molecule has 3 rings (SSSR count). The highest BCUT2D eigenvalue weighted by Crippen LogP contribution is 2.28. The third-order valence-electron chi connectivity index (χ3n) is 3.70. The number of nitrogens with zero attached hydrogens (tertiary/aromatic N) is 1. The summed E-state index contributed by atoms with van der Waals surface area (Å²) >= 11 is 1.53. The molecule has 1 aromatic carbocycles. The molecule has 23 heavy (non-hydrogen) atoms. The molecule has 6 nitrogen and oxygen atoms in total. The van der Waals surface area contributed by atoms with E-state index in [0.29, 0.717) is 36.1 Å². The highest BCUT2D eigenvalue weighted by molar-refractivity contribution is 7.07. The van der Waals surface area contributed by atoms with Crippen molar-refractivity contribution in [1.82, 2.24) is 15.6 Å².